The first-order chi connectivity index (χ1) is 14.0. The first-order valence-electron chi connectivity index (χ1n) is 8.67. The fourth-order valence-electron chi connectivity index (χ4n) is 2.63. The first kappa shape index (κ1) is 20.1. The Balaban J connectivity index is 1.64. The number of urea groups is 1. The highest BCUT2D eigenvalue weighted by molar-refractivity contribution is 7.08. The second kappa shape index (κ2) is 9.02. The van der Waals surface area contributed by atoms with Crippen LogP contribution in [0.3, 0.4) is 0 Å². The average Bonchev–Trinajstić information content (AvgIpc) is 3.16. The summed E-state index contributed by atoms with van der Waals surface area (Å²) in [5, 5.41) is 27.3. The van der Waals surface area contributed by atoms with E-state index in [1.165, 1.54) is 16.9 Å². The molecule has 5 N–H and O–H groups in total. The quantitative estimate of drug-likeness (QED) is 0.376. The number of H-pyrrole nitrogens is 1. The van der Waals surface area contributed by atoms with Gasteiger partial charge < -0.3 is 25.8 Å². The molecule has 0 unspecified atom stereocenters. The molecule has 29 heavy (non-hydrogen) atoms. The van der Waals surface area contributed by atoms with Gasteiger partial charge in [0.25, 0.3) is 5.56 Å². The van der Waals surface area contributed by atoms with Crippen molar-refractivity contribution in [3.05, 3.63) is 62.7 Å². The molecule has 0 bridgehead atoms. The minimum Gasteiger partial charge on any atom is -0.501 e. The minimum atomic E-state index is -1.53. The molecule has 9 nitrogen and oxygen atoms in total. The number of nitrogens with one attached hydrogen (secondary N) is 3. The van der Waals surface area contributed by atoms with Gasteiger partial charge in [0.15, 0.2) is 5.69 Å². The largest absolute Gasteiger partial charge is 0.501 e. The highest BCUT2D eigenvalue weighted by Gasteiger charge is 2.19. The molecule has 0 aliphatic carbocycles. The van der Waals surface area contributed by atoms with Crippen LogP contribution in [0.5, 0.6) is 5.75 Å². The van der Waals surface area contributed by atoms with Crippen molar-refractivity contribution in [2.45, 2.75) is 12.8 Å². The van der Waals surface area contributed by atoms with Crippen molar-refractivity contribution in [2.75, 3.05) is 11.9 Å². The molecule has 3 aromatic rings. The lowest BCUT2D eigenvalue weighted by molar-refractivity contribution is 0.0686. The molecule has 0 aliphatic rings. The fraction of sp³-hybridized carbons (Fsp3) is 0.158. The van der Waals surface area contributed by atoms with Crippen molar-refractivity contribution >= 4 is 29.0 Å². The number of rotatable bonds is 7. The molecule has 0 radical (unpaired) electrons. The Morgan fingerprint density at radius 3 is 2.66 bits per heavy atom. The number of nitrogens with zero attached hydrogens (tertiary/aromatic N) is 1. The number of benzene rings is 1. The molecule has 10 heteroatoms. The van der Waals surface area contributed by atoms with Gasteiger partial charge in [-0.3, -0.25) is 4.79 Å². The highest BCUT2D eigenvalue weighted by Crippen LogP contribution is 2.29. The molecule has 0 saturated heterocycles. The summed E-state index contributed by atoms with van der Waals surface area (Å²) in [6, 6.07) is 9.49. The molecule has 0 fully saturated rings. The minimum absolute atomic E-state index is 0.0640. The summed E-state index contributed by atoms with van der Waals surface area (Å²) in [5.74, 6) is -2.57. The van der Waals surface area contributed by atoms with Crippen LogP contribution in [0.15, 0.2) is 45.9 Å². The molecule has 3 rings (SSSR count). The molecule has 0 atom stereocenters. The summed E-state index contributed by atoms with van der Waals surface area (Å²) in [6.45, 7) is 0.470. The number of aromatic carboxylic acids is 1. The van der Waals surface area contributed by atoms with E-state index in [0.717, 1.165) is 12.8 Å². The zero-order chi connectivity index (χ0) is 20.8. The third-order valence-electron chi connectivity index (χ3n) is 4.03. The Labute approximate surface area is 169 Å². The third-order valence-corrected chi connectivity index (χ3v) is 4.78. The topological polar surface area (TPSA) is 144 Å². The lowest BCUT2D eigenvalue weighted by Crippen LogP contribution is -2.29. The van der Waals surface area contributed by atoms with Crippen molar-refractivity contribution < 1.29 is 19.8 Å². The van der Waals surface area contributed by atoms with E-state index < -0.39 is 29.0 Å². The summed E-state index contributed by atoms with van der Waals surface area (Å²) in [7, 11) is 0. The highest BCUT2D eigenvalue weighted by atomic mass is 32.1. The van der Waals surface area contributed by atoms with Gasteiger partial charge in [-0.25, -0.2) is 14.6 Å². The van der Waals surface area contributed by atoms with Crippen LogP contribution >= 0.6 is 11.3 Å². The van der Waals surface area contributed by atoms with E-state index in [-0.39, 0.29) is 5.82 Å². The monoisotopic (exact) mass is 414 g/mol. The van der Waals surface area contributed by atoms with Crippen LogP contribution in [0.2, 0.25) is 0 Å². The summed E-state index contributed by atoms with van der Waals surface area (Å²) in [6.07, 6.45) is 1.60. The number of amides is 2. The number of aromatic nitrogens is 2. The van der Waals surface area contributed by atoms with Crippen molar-refractivity contribution in [1.29, 1.82) is 0 Å². The molecule has 150 valence electrons. The number of aryl methyl sites for hydroxylation is 1. The lowest BCUT2D eigenvalue weighted by Gasteiger charge is -2.09. The molecule has 0 spiro atoms. The van der Waals surface area contributed by atoms with Gasteiger partial charge in [0.2, 0.25) is 5.75 Å². The van der Waals surface area contributed by atoms with Crippen LogP contribution < -0.4 is 16.2 Å². The van der Waals surface area contributed by atoms with Gasteiger partial charge in [0.1, 0.15) is 5.82 Å². The number of aromatic amines is 1. The zero-order valence-corrected chi connectivity index (χ0v) is 16.0. The van der Waals surface area contributed by atoms with Crippen LogP contribution in [0.25, 0.3) is 11.4 Å². The Bertz CT molecular complexity index is 1080. The summed E-state index contributed by atoms with van der Waals surface area (Å²) in [4.78, 5) is 41.2. The second-order valence-corrected chi connectivity index (χ2v) is 6.83. The number of hydrogen-bond donors (Lipinski definition) is 5. The normalized spacial score (nSPS) is 10.5. The number of carbonyl (C=O) groups is 2. The van der Waals surface area contributed by atoms with Gasteiger partial charge in [-0.2, -0.15) is 0 Å². The average molecular weight is 414 g/mol. The molecule has 2 aromatic heterocycles. The van der Waals surface area contributed by atoms with Crippen LogP contribution in [0.4, 0.5) is 10.5 Å². The third kappa shape index (κ3) is 4.99. The first-order valence-corrected chi connectivity index (χ1v) is 9.62. The number of carboxylic acids is 1. The van der Waals surface area contributed by atoms with Crippen molar-refractivity contribution in [1.82, 2.24) is 15.3 Å². The standard InChI is InChI=1S/C19H18N4O5S/c24-15-14(18(26)27)22-16(23-17(15)25)12-9-29-10-13(12)21-19(28)20-8-4-7-11-5-2-1-3-6-11/h1-3,5-6,9-10,24H,4,7-8H2,(H,26,27)(H2,20,21,28)(H,22,23,25). The molecular weight excluding hydrogens is 396 g/mol. The molecule has 0 saturated carbocycles. The van der Waals surface area contributed by atoms with E-state index in [1.807, 2.05) is 30.3 Å². The zero-order valence-electron chi connectivity index (χ0n) is 15.1. The van der Waals surface area contributed by atoms with Gasteiger partial charge in [-0.05, 0) is 18.4 Å². The molecule has 2 amide bonds. The Morgan fingerprint density at radius 1 is 1.17 bits per heavy atom. The van der Waals surface area contributed by atoms with Crippen molar-refractivity contribution in [3.63, 3.8) is 0 Å². The Morgan fingerprint density at radius 2 is 1.93 bits per heavy atom. The molecule has 2 heterocycles. The van der Waals surface area contributed by atoms with E-state index >= 15 is 0 Å². The van der Waals surface area contributed by atoms with E-state index in [4.69, 9.17) is 5.11 Å². The van der Waals surface area contributed by atoms with Crippen molar-refractivity contribution in [2.24, 2.45) is 0 Å². The fourth-order valence-corrected chi connectivity index (χ4v) is 3.39. The van der Waals surface area contributed by atoms with Crippen LogP contribution in [-0.4, -0.2) is 38.7 Å². The van der Waals surface area contributed by atoms with E-state index in [0.29, 0.717) is 17.8 Å². The van der Waals surface area contributed by atoms with Crippen LogP contribution in [-0.2, 0) is 6.42 Å². The van der Waals surface area contributed by atoms with Crippen LogP contribution in [0, 0.1) is 0 Å². The summed E-state index contributed by atoms with van der Waals surface area (Å²) < 4.78 is 0. The second-order valence-electron chi connectivity index (χ2n) is 6.09. The molecule has 1 aromatic carbocycles. The molecule has 0 aliphatic heterocycles. The predicted molar refractivity (Wildman–Crippen MR) is 109 cm³/mol. The van der Waals surface area contributed by atoms with Gasteiger partial charge in [-0.1, -0.05) is 30.3 Å². The Hall–Kier alpha value is -3.66. The number of carboxylic acid groups (broad SMARTS) is 1. The summed E-state index contributed by atoms with van der Waals surface area (Å²) in [5.41, 5.74) is 0.155. The van der Waals surface area contributed by atoms with Crippen LogP contribution in [0.1, 0.15) is 22.5 Å². The van der Waals surface area contributed by atoms with E-state index in [2.05, 4.69) is 20.6 Å². The smallest absolute Gasteiger partial charge is 0.358 e. The van der Waals surface area contributed by atoms with Gasteiger partial charge in [0, 0.05) is 17.3 Å². The number of carbonyl (C=O) groups excluding carboxylic acids is 1. The van der Waals surface area contributed by atoms with Crippen molar-refractivity contribution in [3.8, 4) is 17.1 Å². The summed E-state index contributed by atoms with van der Waals surface area (Å²) >= 11 is 1.24. The predicted octanol–water partition coefficient (Wildman–Crippen LogP) is 2.66. The molecular formula is C19H18N4O5S. The number of hydrogen-bond acceptors (Lipinski definition) is 6. The van der Waals surface area contributed by atoms with E-state index in [9.17, 15) is 19.5 Å². The number of thiophene rings is 1. The number of aromatic hydroxyl groups is 1. The maximum absolute atomic E-state index is 12.2. The van der Waals surface area contributed by atoms with Gasteiger partial charge >= 0.3 is 12.0 Å². The van der Waals surface area contributed by atoms with Gasteiger partial charge in [-0.15, -0.1) is 11.3 Å². The lowest BCUT2D eigenvalue weighted by atomic mass is 10.1. The Kier molecular flexibility index (Phi) is 6.25. The number of anilines is 1. The maximum Gasteiger partial charge on any atom is 0.358 e. The SMILES string of the molecule is O=C(NCCCc1ccccc1)Nc1cscc1-c1nc(C(=O)O)c(O)c(=O)[nH]1. The maximum atomic E-state index is 12.2. The van der Waals surface area contributed by atoms with E-state index in [1.54, 1.807) is 10.8 Å². The van der Waals surface area contributed by atoms with Gasteiger partial charge in [0.05, 0.1) is 11.3 Å².